The number of halogens is 5. The van der Waals surface area contributed by atoms with E-state index in [1.165, 1.54) is 24.3 Å². The van der Waals surface area contributed by atoms with E-state index in [1.54, 1.807) is 35.4 Å². The Labute approximate surface area is 214 Å². The van der Waals surface area contributed by atoms with Crippen molar-refractivity contribution in [1.29, 1.82) is 0 Å². The topological polar surface area (TPSA) is 62.2 Å². The van der Waals surface area contributed by atoms with Crippen molar-refractivity contribution in [3.63, 3.8) is 0 Å². The average Bonchev–Trinajstić information content (AvgIpc) is 2.93. The molecule has 5 rings (SSSR count). The molecule has 194 valence electrons. The zero-order valence-electron chi connectivity index (χ0n) is 19.8. The molecule has 1 aliphatic heterocycles. The summed E-state index contributed by atoms with van der Waals surface area (Å²) in [5.41, 5.74) is 1.29. The highest BCUT2D eigenvalue weighted by Crippen LogP contribution is 2.31. The molecule has 0 N–H and O–H groups in total. The smallest absolute Gasteiger partial charge is 0.352 e. The lowest BCUT2D eigenvalue weighted by Gasteiger charge is -2.35. The quantitative estimate of drug-likeness (QED) is 0.331. The van der Waals surface area contributed by atoms with Crippen molar-refractivity contribution in [2.45, 2.75) is 6.18 Å². The summed E-state index contributed by atoms with van der Waals surface area (Å²) < 4.78 is 65.3. The Balaban J connectivity index is 1.35. The van der Waals surface area contributed by atoms with Gasteiger partial charge in [-0.2, -0.15) is 13.2 Å². The van der Waals surface area contributed by atoms with Gasteiger partial charge in [0.25, 0.3) is 5.91 Å². The number of amides is 1. The standard InChI is InChI=1S/C27H20F5N5O/c28-20-6-1-17(2-7-20)24-25(18-3-8-21(29)9-4-18)35-23(16-34-24)36-11-13-37(14-12-36)26(38)19-5-10-22(33-15-19)27(30,31)32/h1-10,15-16H,11-14H2. The van der Waals surface area contributed by atoms with Crippen LogP contribution in [0.3, 0.4) is 0 Å². The van der Waals surface area contributed by atoms with Crippen LogP contribution < -0.4 is 4.90 Å². The monoisotopic (exact) mass is 525 g/mol. The fraction of sp³-hybridized carbons (Fsp3) is 0.185. The number of carbonyl (C=O) groups excluding carboxylic acids is 1. The van der Waals surface area contributed by atoms with E-state index in [0.717, 1.165) is 18.3 Å². The van der Waals surface area contributed by atoms with Crippen LogP contribution in [0.25, 0.3) is 22.5 Å². The summed E-state index contributed by atoms with van der Waals surface area (Å²) in [4.78, 5) is 29.0. The van der Waals surface area contributed by atoms with E-state index in [2.05, 4.69) is 9.97 Å². The Bertz CT molecular complexity index is 1430. The number of hydrogen-bond acceptors (Lipinski definition) is 5. The summed E-state index contributed by atoms with van der Waals surface area (Å²) in [5, 5.41) is 0. The minimum Gasteiger partial charge on any atom is -0.352 e. The van der Waals surface area contributed by atoms with Gasteiger partial charge in [-0.15, -0.1) is 0 Å². The summed E-state index contributed by atoms with van der Waals surface area (Å²) in [6.45, 7) is 1.45. The van der Waals surface area contributed by atoms with Crippen LogP contribution in [0, 0.1) is 11.6 Å². The van der Waals surface area contributed by atoms with E-state index in [-0.39, 0.29) is 11.4 Å². The van der Waals surface area contributed by atoms with Crippen LogP contribution in [0.4, 0.5) is 27.8 Å². The Hall–Kier alpha value is -4.41. The van der Waals surface area contributed by atoms with Gasteiger partial charge in [0.2, 0.25) is 0 Å². The molecule has 0 unspecified atom stereocenters. The van der Waals surface area contributed by atoms with Crippen molar-refractivity contribution in [1.82, 2.24) is 19.9 Å². The number of anilines is 1. The van der Waals surface area contributed by atoms with Gasteiger partial charge in [-0.05, 0) is 60.7 Å². The summed E-state index contributed by atoms with van der Waals surface area (Å²) in [5.74, 6) is -0.652. The van der Waals surface area contributed by atoms with Crippen molar-refractivity contribution in [3.8, 4) is 22.5 Å². The maximum Gasteiger partial charge on any atom is 0.433 e. The molecule has 11 heteroatoms. The van der Waals surface area contributed by atoms with E-state index >= 15 is 0 Å². The van der Waals surface area contributed by atoms with Gasteiger partial charge in [0.05, 0.1) is 23.1 Å². The van der Waals surface area contributed by atoms with Crippen LogP contribution in [0.5, 0.6) is 0 Å². The molecule has 1 saturated heterocycles. The van der Waals surface area contributed by atoms with E-state index in [0.29, 0.717) is 54.5 Å². The number of pyridine rings is 1. The molecule has 38 heavy (non-hydrogen) atoms. The molecule has 0 spiro atoms. The van der Waals surface area contributed by atoms with E-state index in [1.807, 2.05) is 4.90 Å². The average molecular weight is 525 g/mol. The Kier molecular flexibility index (Phi) is 6.75. The molecule has 1 fully saturated rings. The number of hydrogen-bond donors (Lipinski definition) is 0. The fourth-order valence-electron chi connectivity index (χ4n) is 4.17. The second-order valence-electron chi connectivity index (χ2n) is 8.65. The highest BCUT2D eigenvalue weighted by molar-refractivity contribution is 5.94. The summed E-state index contributed by atoms with van der Waals surface area (Å²) in [6, 6.07) is 13.5. The molecular formula is C27H20F5N5O. The third-order valence-electron chi connectivity index (χ3n) is 6.19. The number of benzene rings is 2. The molecule has 1 aliphatic rings. The Morgan fingerprint density at radius 1 is 0.711 bits per heavy atom. The van der Waals surface area contributed by atoms with Crippen molar-refractivity contribution in [2.75, 3.05) is 31.1 Å². The Morgan fingerprint density at radius 2 is 1.29 bits per heavy atom. The molecule has 6 nitrogen and oxygen atoms in total. The first-order valence-electron chi connectivity index (χ1n) is 11.7. The summed E-state index contributed by atoms with van der Waals surface area (Å²) in [7, 11) is 0. The first-order chi connectivity index (χ1) is 18.2. The van der Waals surface area contributed by atoms with Gasteiger partial charge in [0.15, 0.2) is 0 Å². The van der Waals surface area contributed by atoms with Crippen molar-refractivity contribution < 1.29 is 26.7 Å². The number of nitrogens with zero attached hydrogens (tertiary/aromatic N) is 5. The first-order valence-corrected chi connectivity index (χ1v) is 11.7. The van der Waals surface area contributed by atoms with Crippen LogP contribution >= 0.6 is 0 Å². The number of alkyl halides is 3. The van der Waals surface area contributed by atoms with E-state index in [9.17, 15) is 26.7 Å². The zero-order chi connectivity index (χ0) is 26.9. The molecule has 0 atom stereocenters. The van der Waals surface area contributed by atoms with Gasteiger partial charge in [0.1, 0.15) is 23.1 Å². The van der Waals surface area contributed by atoms with Crippen LogP contribution in [0.1, 0.15) is 16.1 Å². The second kappa shape index (κ2) is 10.2. The lowest BCUT2D eigenvalue weighted by Crippen LogP contribution is -2.49. The predicted octanol–water partition coefficient (Wildman–Crippen LogP) is 5.47. The molecule has 0 radical (unpaired) electrons. The SMILES string of the molecule is O=C(c1ccc(C(F)(F)F)nc1)N1CCN(c2cnc(-c3ccc(F)cc3)c(-c3ccc(F)cc3)n2)CC1. The first kappa shape index (κ1) is 25.2. The lowest BCUT2D eigenvalue weighted by molar-refractivity contribution is -0.141. The maximum atomic E-state index is 13.6. The summed E-state index contributed by atoms with van der Waals surface area (Å²) in [6.07, 6.45) is -2.05. The van der Waals surface area contributed by atoms with Crippen LogP contribution in [-0.4, -0.2) is 51.9 Å². The lowest BCUT2D eigenvalue weighted by atomic mass is 10.0. The highest BCUT2D eigenvalue weighted by atomic mass is 19.4. The molecular weight excluding hydrogens is 505 g/mol. The number of carbonyl (C=O) groups is 1. The highest BCUT2D eigenvalue weighted by Gasteiger charge is 2.32. The largest absolute Gasteiger partial charge is 0.433 e. The third kappa shape index (κ3) is 5.31. The van der Waals surface area contributed by atoms with E-state index in [4.69, 9.17) is 4.98 Å². The normalized spacial score (nSPS) is 14.0. The van der Waals surface area contributed by atoms with Crippen molar-refractivity contribution >= 4 is 11.7 Å². The molecule has 0 bridgehead atoms. The van der Waals surface area contributed by atoms with Crippen molar-refractivity contribution in [2.24, 2.45) is 0 Å². The van der Waals surface area contributed by atoms with Crippen LogP contribution in [0.2, 0.25) is 0 Å². The molecule has 4 aromatic rings. The van der Waals surface area contributed by atoms with Gasteiger partial charge >= 0.3 is 6.18 Å². The minimum absolute atomic E-state index is 0.0773. The summed E-state index contributed by atoms with van der Waals surface area (Å²) >= 11 is 0. The number of piperazine rings is 1. The number of rotatable bonds is 4. The third-order valence-corrected chi connectivity index (χ3v) is 6.19. The van der Waals surface area contributed by atoms with Gasteiger partial charge in [-0.25, -0.2) is 13.8 Å². The second-order valence-corrected chi connectivity index (χ2v) is 8.65. The maximum absolute atomic E-state index is 13.6. The van der Waals surface area contributed by atoms with Crippen LogP contribution in [-0.2, 0) is 6.18 Å². The molecule has 0 aliphatic carbocycles. The fourth-order valence-corrected chi connectivity index (χ4v) is 4.17. The van der Waals surface area contributed by atoms with Gasteiger partial charge in [0, 0.05) is 43.5 Å². The molecule has 3 heterocycles. The molecule has 2 aromatic heterocycles. The Morgan fingerprint density at radius 3 is 1.82 bits per heavy atom. The molecule has 0 saturated carbocycles. The van der Waals surface area contributed by atoms with E-state index < -0.39 is 23.6 Å². The van der Waals surface area contributed by atoms with Crippen LogP contribution in [0.15, 0.2) is 73.1 Å². The molecule has 1 amide bonds. The predicted molar refractivity (Wildman–Crippen MR) is 130 cm³/mol. The van der Waals surface area contributed by atoms with Gasteiger partial charge in [-0.1, -0.05) is 0 Å². The zero-order valence-corrected chi connectivity index (χ0v) is 19.8. The van der Waals surface area contributed by atoms with Gasteiger partial charge in [-0.3, -0.25) is 14.8 Å². The van der Waals surface area contributed by atoms with Crippen molar-refractivity contribution in [3.05, 3.63) is 95.9 Å². The number of aromatic nitrogens is 3. The minimum atomic E-state index is -4.58. The van der Waals surface area contributed by atoms with Gasteiger partial charge < -0.3 is 9.80 Å². The molecule has 2 aromatic carbocycles.